The second-order valence-corrected chi connectivity index (χ2v) is 5.99. The van der Waals surface area contributed by atoms with Crippen LogP contribution in [-0.2, 0) is 11.3 Å². The third kappa shape index (κ3) is 4.52. The van der Waals surface area contributed by atoms with E-state index < -0.39 is 0 Å². The highest BCUT2D eigenvalue weighted by Crippen LogP contribution is 2.32. The summed E-state index contributed by atoms with van der Waals surface area (Å²) in [4.78, 5) is 14.5. The number of nitrogens with one attached hydrogen (secondary N) is 1. The van der Waals surface area contributed by atoms with Crippen molar-refractivity contribution < 1.29 is 14.3 Å². The zero-order chi connectivity index (χ0) is 15.4. The van der Waals surface area contributed by atoms with E-state index in [1.807, 2.05) is 30.0 Å². The molecule has 5 nitrogen and oxygen atoms in total. The fraction of sp³-hybridized carbons (Fsp3) is 0.588. The van der Waals surface area contributed by atoms with Crippen LogP contribution in [0.25, 0.3) is 0 Å². The summed E-state index contributed by atoms with van der Waals surface area (Å²) in [5.74, 6) is 2.35. The predicted molar refractivity (Wildman–Crippen MR) is 91.1 cm³/mol. The summed E-state index contributed by atoms with van der Waals surface area (Å²) in [5.41, 5.74) is 1.09. The minimum absolute atomic E-state index is 0. The predicted octanol–water partition coefficient (Wildman–Crippen LogP) is 2.58. The molecule has 0 aliphatic carbocycles. The third-order valence-corrected chi connectivity index (χ3v) is 4.47. The monoisotopic (exact) mass is 340 g/mol. The van der Waals surface area contributed by atoms with Gasteiger partial charge in [0.25, 0.3) is 0 Å². The average molecular weight is 341 g/mol. The fourth-order valence-electron chi connectivity index (χ4n) is 3.10. The van der Waals surface area contributed by atoms with Crippen LogP contribution in [0, 0.1) is 5.92 Å². The maximum absolute atomic E-state index is 12.5. The molecule has 0 saturated carbocycles. The molecule has 0 aromatic heterocycles. The quantitative estimate of drug-likeness (QED) is 0.895. The highest BCUT2D eigenvalue weighted by atomic mass is 35.5. The van der Waals surface area contributed by atoms with Crippen LogP contribution in [0.3, 0.4) is 0 Å². The molecule has 1 saturated heterocycles. The second-order valence-electron chi connectivity index (χ2n) is 5.99. The molecule has 1 amide bonds. The molecule has 0 unspecified atom stereocenters. The molecule has 1 aromatic carbocycles. The number of nitrogens with zero attached hydrogens (tertiary/aromatic N) is 1. The number of hydrogen-bond acceptors (Lipinski definition) is 4. The number of fused-ring (bicyclic) bond motifs is 1. The third-order valence-electron chi connectivity index (χ3n) is 4.47. The van der Waals surface area contributed by atoms with Crippen LogP contribution in [0.2, 0.25) is 0 Å². The van der Waals surface area contributed by atoms with Gasteiger partial charge in [-0.05, 0) is 56.5 Å². The Hall–Kier alpha value is -1.46. The van der Waals surface area contributed by atoms with Crippen molar-refractivity contribution in [2.24, 2.45) is 5.92 Å². The summed E-state index contributed by atoms with van der Waals surface area (Å²) >= 11 is 0. The zero-order valence-electron chi connectivity index (χ0n) is 13.5. The normalized spacial score (nSPS) is 16.7. The van der Waals surface area contributed by atoms with Gasteiger partial charge in [0.2, 0.25) is 12.7 Å². The highest BCUT2D eigenvalue weighted by Gasteiger charge is 2.21. The maximum atomic E-state index is 12.5. The van der Waals surface area contributed by atoms with Crippen LogP contribution < -0.4 is 14.8 Å². The number of benzene rings is 1. The number of ether oxygens (including phenoxy) is 2. The molecular weight excluding hydrogens is 316 g/mol. The van der Waals surface area contributed by atoms with Crippen molar-refractivity contribution in [1.82, 2.24) is 10.2 Å². The number of carbonyl (C=O) groups excluding carboxylic acids is 1. The molecule has 2 aliphatic heterocycles. The molecule has 1 fully saturated rings. The van der Waals surface area contributed by atoms with Gasteiger partial charge >= 0.3 is 0 Å². The maximum Gasteiger partial charge on any atom is 0.231 e. The number of amides is 1. The Morgan fingerprint density at radius 1 is 1.26 bits per heavy atom. The summed E-state index contributed by atoms with van der Waals surface area (Å²) in [5, 5.41) is 3.34. The van der Waals surface area contributed by atoms with Crippen molar-refractivity contribution in [3.63, 3.8) is 0 Å². The lowest BCUT2D eigenvalue weighted by Gasteiger charge is -2.26. The van der Waals surface area contributed by atoms with Crippen LogP contribution in [0.1, 0.15) is 31.7 Å². The van der Waals surface area contributed by atoms with Crippen LogP contribution in [0.4, 0.5) is 0 Å². The molecule has 2 aliphatic rings. The molecular formula is C17H25ClN2O3. The molecule has 23 heavy (non-hydrogen) atoms. The summed E-state index contributed by atoms with van der Waals surface area (Å²) in [7, 11) is 0. The average Bonchev–Trinajstić information content (AvgIpc) is 3.01. The summed E-state index contributed by atoms with van der Waals surface area (Å²) in [6, 6.07) is 5.90. The van der Waals surface area contributed by atoms with E-state index in [2.05, 4.69) is 5.32 Å². The summed E-state index contributed by atoms with van der Waals surface area (Å²) < 4.78 is 10.7. The number of rotatable bonds is 5. The van der Waals surface area contributed by atoms with Gasteiger partial charge in [-0.3, -0.25) is 4.79 Å². The topological polar surface area (TPSA) is 50.8 Å². The lowest BCUT2D eigenvalue weighted by molar-refractivity contribution is -0.132. The Bertz CT molecular complexity index is 533. The first-order valence-electron chi connectivity index (χ1n) is 8.13. The van der Waals surface area contributed by atoms with Gasteiger partial charge in [-0.2, -0.15) is 0 Å². The first-order valence-corrected chi connectivity index (χ1v) is 8.13. The lowest BCUT2D eigenvalue weighted by Crippen LogP contribution is -2.35. The van der Waals surface area contributed by atoms with Gasteiger partial charge in [0.15, 0.2) is 11.5 Å². The van der Waals surface area contributed by atoms with Crippen molar-refractivity contribution in [3.8, 4) is 11.5 Å². The van der Waals surface area contributed by atoms with Crippen molar-refractivity contribution in [2.75, 3.05) is 26.4 Å². The van der Waals surface area contributed by atoms with Crippen LogP contribution in [0.5, 0.6) is 11.5 Å². The van der Waals surface area contributed by atoms with E-state index in [4.69, 9.17) is 9.47 Å². The van der Waals surface area contributed by atoms with Gasteiger partial charge in [0, 0.05) is 19.5 Å². The molecule has 0 atom stereocenters. The molecule has 2 heterocycles. The van der Waals surface area contributed by atoms with E-state index in [-0.39, 0.29) is 25.1 Å². The second kappa shape index (κ2) is 8.41. The molecule has 3 rings (SSSR count). The Morgan fingerprint density at radius 2 is 2.00 bits per heavy atom. The van der Waals surface area contributed by atoms with E-state index in [1.54, 1.807) is 0 Å². The SMILES string of the molecule is CCN(Cc1ccc2c(c1)OCO2)C(=O)CC1CCNCC1.Cl. The van der Waals surface area contributed by atoms with E-state index in [0.717, 1.165) is 49.5 Å². The Kier molecular flexibility index (Phi) is 6.54. The minimum atomic E-state index is 0. The van der Waals surface area contributed by atoms with Crippen molar-refractivity contribution >= 4 is 18.3 Å². The van der Waals surface area contributed by atoms with Gasteiger partial charge < -0.3 is 19.7 Å². The van der Waals surface area contributed by atoms with Gasteiger partial charge in [-0.1, -0.05) is 6.07 Å². The summed E-state index contributed by atoms with van der Waals surface area (Å²) in [6.07, 6.45) is 2.88. The molecule has 128 valence electrons. The molecule has 1 N–H and O–H groups in total. The van der Waals surface area contributed by atoms with Crippen molar-refractivity contribution in [3.05, 3.63) is 23.8 Å². The largest absolute Gasteiger partial charge is 0.454 e. The first kappa shape index (κ1) is 17.9. The van der Waals surface area contributed by atoms with Gasteiger partial charge in [-0.15, -0.1) is 12.4 Å². The van der Waals surface area contributed by atoms with E-state index in [9.17, 15) is 4.79 Å². The van der Waals surface area contributed by atoms with Crippen molar-refractivity contribution in [1.29, 1.82) is 0 Å². The standard InChI is InChI=1S/C17H24N2O3.ClH/c1-2-19(17(20)10-13-5-7-18-8-6-13)11-14-3-4-15-16(9-14)22-12-21-15;/h3-4,9,13,18H,2,5-8,10-12H2,1H3;1H. The van der Waals surface area contributed by atoms with Crippen molar-refractivity contribution in [2.45, 2.75) is 32.7 Å². The number of carbonyl (C=O) groups is 1. The van der Waals surface area contributed by atoms with Gasteiger partial charge in [0.05, 0.1) is 0 Å². The Labute approximate surface area is 143 Å². The van der Waals surface area contributed by atoms with E-state index >= 15 is 0 Å². The number of halogens is 1. The van der Waals surface area contributed by atoms with E-state index in [0.29, 0.717) is 18.9 Å². The molecule has 0 radical (unpaired) electrons. The van der Waals surface area contributed by atoms with Crippen LogP contribution in [0.15, 0.2) is 18.2 Å². The van der Waals surface area contributed by atoms with E-state index in [1.165, 1.54) is 0 Å². The summed E-state index contributed by atoms with van der Waals surface area (Å²) in [6.45, 7) is 5.76. The smallest absolute Gasteiger partial charge is 0.231 e. The highest BCUT2D eigenvalue weighted by molar-refractivity contribution is 5.85. The van der Waals surface area contributed by atoms with Crippen LogP contribution >= 0.6 is 12.4 Å². The van der Waals surface area contributed by atoms with Crippen LogP contribution in [-0.4, -0.2) is 37.2 Å². The molecule has 0 bridgehead atoms. The molecule has 6 heteroatoms. The minimum Gasteiger partial charge on any atom is -0.454 e. The molecule has 0 spiro atoms. The zero-order valence-corrected chi connectivity index (χ0v) is 14.4. The lowest BCUT2D eigenvalue weighted by atomic mass is 9.94. The number of hydrogen-bond donors (Lipinski definition) is 1. The van der Waals surface area contributed by atoms with Gasteiger partial charge in [0.1, 0.15) is 0 Å². The number of piperidine rings is 1. The Morgan fingerprint density at radius 3 is 2.74 bits per heavy atom. The fourth-order valence-corrected chi connectivity index (χ4v) is 3.10. The van der Waals surface area contributed by atoms with Gasteiger partial charge in [-0.25, -0.2) is 0 Å². The molecule has 1 aromatic rings. The Balaban J connectivity index is 0.00000192. The first-order chi connectivity index (χ1) is 10.8.